The highest BCUT2D eigenvalue weighted by atomic mass is 19.1. The number of carbonyl (C=O) groups excluding carboxylic acids is 3. The van der Waals surface area contributed by atoms with Gasteiger partial charge in [0.05, 0.1) is 47.0 Å². The number of aliphatic hydroxyl groups is 1. The van der Waals surface area contributed by atoms with E-state index in [2.05, 4.69) is 31.6 Å². The summed E-state index contributed by atoms with van der Waals surface area (Å²) in [5.41, 5.74) is 2.01. The third kappa shape index (κ3) is 8.52. The Kier molecular flexibility index (Phi) is 11.5. The monoisotopic (exact) mass is 862 g/mol. The third-order valence-electron chi connectivity index (χ3n) is 13.4. The molecule has 3 aromatic heterocycles. The second-order valence-corrected chi connectivity index (χ2v) is 18.1. The number of hydrogen-bond acceptors (Lipinski definition) is 11. The average Bonchev–Trinajstić information content (AvgIpc) is 3.86. The zero-order valence-electron chi connectivity index (χ0n) is 35.7. The zero-order valence-corrected chi connectivity index (χ0v) is 35.7. The van der Waals surface area contributed by atoms with Crippen LogP contribution in [0.1, 0.15) is 91.5 Å². The zero-order chi connectivity index (χ0) is 44.2. The summed E-state index contributed by atoms with van der Waals surface area (Å²) in [6.45, 7) is 8.92. The maximum atomic E-state index is 15.2. The van der Waals surface area contributed by atoms with E-state index in [0.717, 1.165) is 62.8 Å². The lowest BCUT2D eigenvalue weighted by atomic mass is 9.88. The van der Waals surface area contributed by atoms with Crippen molar-refractivity contribution >= 4 is 45.5 Å². The van der Waals surface area contributed by atoms with Gasteiger partial charge in [-0.1, -0.05) is 0 Å². The van der Waals surface area contributed by atoms with Gasteiger partial charge in [0, 0.05) is 105 Å². The van der Waals surface area contributed by atoms with Crippen molar-refractivity contribution in [3.63, 3.8) is 0 Å². The largest absolute Gasteiger partial charge is 0.386 e. The highest BCUT2D eigenvalue weighted by Crippen LogP contribution is 2.38. The first-order valence-corrected chi connectivity index (χ1v) is 21.8. The van der Waals surface area contributed by atoms with Crippen LogP contribution in [-0.2, 0) is 19.9 Å². The maximum Gasteiger partial charge on any atom is 0.274 e. The van der Waals surface area contributed by atoms with Crippen molar-refractivity contribution in [1.82, 2.24) is 34.5 Å². The standard InChI is InChI=1S/C46H52F2N10O5/c1-46(2,62)36-18-39-29(15-40(36)51-45(61)41-10-8-32-14-27(19-49)20-50-58(32)41)24-57(53-39)31-6-4-30(5-7-31)55-13-12-54(34(25-55)26-63-3)21-28-22-56(23-28)33-16-37(47)43(38(48)17-33)35-9-11-42(59)52-44(35)60/h8,10,14-18,20,24,28,30-31,34-35,62H,4-7,9,11-13,21-23,25-26H2,1-3H3,(H,51,61)(H,52,59,60)/t30?,31?,34-,35+/m0/s1. The molecule has 9 rings (SSSR count). The molecule has 0 bridgehead atoms. The lowest BCUT2D eigenvalue weighted by Gasteiger charge is -2.49. The molecule has 0 unspecified atom stereocenters. The summed E-state index contributed by atoms with van der Waals surface area (Å²) >= 11 is 0. The van der Waals surface area contributed by atoms with E-state index in [1.165, 1.54) is 22.8 Å². The topological polar surface area (TPSA) is 173 Å². The van der Waals surface area contributed by atoms with Crippen LogP contribution in [0.4, 0.5) is 20.2 Å². The molecule has 6 heterocycles. The fourth-order valence-corrected chi connectivity index (χ4v) is 10.1. The van der Waals surface area contributed by atoms with Gasteiger partial charge in [-0.2, -0.15) is 15.5 Å². The molecule has 4 fully saturated rings. The van der Waals surface area contributed by atoms with Gasteiger partial charge in [-0.3, -0.25) is 34.2 Å². The van der Waals surface area contributed by atoms with E-state index in [1.54, 1.807) is 39.2 Å². The van der Waals surface area contributed by atoms with Crippen LogP contribution in [0.25, 0.3) is 16.4 Å². The number of benzene rings is 2. The van der Waals surface area contributed by atoms with Crippen LogP contribution in [0.15, 0.2) is 54.9 Å². The third-order valence-corrected chi connectivity index (χ3v) is 13.4. The first-order chi connectivity index (χ1) is 30.3. The number of nitrogens with one attached hydrogen (secondary N) is 2. The van der Waals surface area contributed by atoms with E-state index in [1.807, 2.05) is 27.9 Å². The number of imide groups is 1. The van der Waals surface area contributed by atoms with Gasteiger partial charge in [-0.05, 0) is 88.4 Å². The average molecular weight is 863 g/mol. The van der Waals surface area contributed by atoms with Crippen LogP contribution in [0.2, 0.25) is 0 Å². The van der Waals surface area contributed by atoms with E-state index in [4.69, 9.17) is 9.84 Å². The Bertz CT molecular complexity index is 2600. The Hall–Kier alpha value is -5.80. The van der Waals surface area contributed by atoms with E-state index < -0.39 is 40.9 Å². The molecule has 330 valence electrons. The van der Waals surface area contributed by atoms with Gasteiger partial charge in [0.2, 0.25) is 11.8 Å². The fraction of sp³-hybridized carbons (Fsp3) is 0.478. The van der Waals surface area contributed by atoms with E-state index in [-0.39, 0.29) is 30.5 Å². The molecule has 3 N–H and O–H groups in total. The van der Waals surface area contributed by atoms with Gasteiger partial charge in [-0.15, -0.1) is 0 Å². The van der Waals surface area contributed by atoms with Crippen LogP contribution in [-0.4, -0.2) is 117 Å². The molecule has 1 saturated carbocycles. The first kappa shape index (κ1) is 42.5. The maximum absolute atomic E-state index is 15.2. The predicted molar refractivity (Wildman–Crippen MR) is 230 cm³/mol. The number of carbonyl (C=O) groups is 3. The van der Waals surface area contributed by atoms with Gasteiger partial charge < -0.3 is 20.1 Å². The summed E-state index contributed by atoms with van der Waals surface area (Å²) in [6, 6.07) is 14.3. The number of ether oxygens (including phenoxy) is 1. The van der Waals surface area contributed by atoms with Crippen molar-refractivity contribution in [3.8, 4) is 6.07 Å². The quantitative estimate of drug-likeness (QED) is 0.151. The van der Waals surface area contributed by atoms with E-state index in [9.17, 15) is 24.8 Å². The second kappa shape index (κ2) is 17.1. The lowest BCUT2D eigenvalue weighted by molar-refractivity contribution is -0.134. The van der Waals surface area contributed by atoms with Gasteiger partial charge in [0.1, 0.15) is 23.4 Å². The van der Waals surface area contributed by atoms with Crippen molar-refractivity contribution in [2.45, 2.75) is 82.0 Å². The summed E-state index contributed by atoms with van der Waals surface area (Å²) < 4.78 is 39.7. The summed E-state index contributed by atoms with van der Waals surface area (Å²) in [5.74, 6) is -3.69. The molecule has 4 aliphatic rings. The smallest absolute Gasteiger partial charge is 0.274 e. The minimum Gasteiger partial charge on any atom is -0.386 e. The molecule has 0 radical (unpaired) electrons. The molecule has 3 aliphatic heterocycles. The number of methoxy groups -OCH3 is 1. The molecule has 1 aliphatic carbocycles. The highest BCUT2D eigenvalue weighted by Gasteiger charge is 2.38. The predicted octanol–water partition coefficient (Wildman–Crippen LogP) is 5.09. The Balaban J connectivity index is 0.798. The number of amides is 3. The lowest BCUT2D eigenvalue weighted by Crippen LogP contribution is -2.61. The summed E-state index contributed by atoms with van der Waals surface area (Å²) in [5, 5.41) is 35.7. The van der Waals surface area contributed by atoms with Gasteiger partial charge in [-0.25, -0.2) is 13.3 Å². The van der Waals surface area contributed by atoms with Crippen molar-refractivity contribution in [1.29, 1.82) is 5.26 Å². The Morgan fingerprint density at radius 1 is 1.02 bits per heavy atom. The van der Waals surface area contributed by atoms with Gasteiger partial charge in [0.25, 0.3) is 5.91 Å². The Morgan fingerprint density at radius 2 is 1.76 bits per heavy atom. The van der Waals surface area contributed by atoms with E-state index in [0.29, 0.717) is 65.4 Å². The molecule has 3 amide bonds. The minimum absolute atomic E-state index is 0.0510. The van der Waals surface area contributed by atoms with Crippen LogP contribution < -0.4 is 15.5 Å². The normalized spacial score (nSPS) is 22.9. The Labute approximate surface area is 363 Å². The number of hydrogen-bond donors (Lipinski definition) is 3. The summed E-state index contributed by atoms with van der Waals surface area (Å²) in [7, 11) is 1.73. The number of nitriles is 1. The molecule has 2 aromatic carbocycles. The molecule has 17 heteroatoms. The van der Waals surface area contributed by atoms with Gasteiger partial charge in [0.15, 0.2) is 0 Å². The van der Waals surface area contributed by atoms with Crippen molar-refractivity contribution < 1.29 is 33.0 Å². The molecule has 2 atom stereocenters. The Morgan fingerprint density at radius 3 is 2.46 bits per heavy atom. The van der Waals surface area contributed by atoms with Crippen molar-refractivity contribution in [2.24, 2.45) is 5.92 Å². The van der Waals surface area contributed by atoms with Crippen molar-refractivity contribution in [2.75, 3.05) is 63.2 Å². The van der Waals surface area contributed by atoms with E-state index >= 15 is 8.78 Å². The van der Waals surface area contributed by atoms with Crippen molar-refractivity contribution in [3.05, 3.63) is 88.9 Å². The fourth-order valence-electron chi connectivity index (χ4n) is 10.1. The molecule has 63 heavy (non-hydrogen) atoms. The summed E-state index contributed by atoms with van der Waals surface area (Å²) in [4.78, 5) is 44.5. The molecule has 15 nitrogen and oxygen atoms in total. The number of anilines is 2. The SMILES string of the molecule is COC[C@@H]1CN(C2CCC(n3cc4cc(NC(=O)c5ccc6cc(C#N)cnn56)c(C(C)(C)O)cc4n3)CC2)CCN1CC1CN(c2cc(F)c([C@H]3CCC(=O)NC3=O)c(F)c2)C1. The number of nitrogens with zero attached hydrogens (tertiary/aromatic N) is 8. The number of fused-ring (bicyclic) bond motifs is 2. The molecular formula is C46H52F2N10O5. The molecule has 0 spiro atoms. The second-order valence-electron chi connectivity index (χ2n) is 18.1. The molecular weight excluding hydrogens is 811 g/mol. The number of piperazine rings is 1. The highest BCUT2D eigenvalue weighted by molar-refractivity contribution is 6.05. The van der Waals surface area contributed by atoms with Crippen LogP contribution in [0, 0.1) is 28.9 Å². The number of rotatable bonds is 11. The molecule has 5 aromatic rings. The number of aromatic nitrogens is 4. The van der Waals surface area contributed by atoms with Crippen LogP contribution >= 0.6 is 0 Å². The van der Waals surface area contributed by atoms with Gasteiger partial charge >= 0.3 is 0 Å². The molecule has 3 saturated heterocycles. The van der Waals surface area contributed by atoms with Crippen LogP contribution in [0.3, 0.4) is 0 Å². The first-order valence-electron chi connectivity index (χ1n) is 21.8. The summed E-state index contributed by atoms with van der Waals surface area (Å²) in [6.07, 6.45) is 7.56. The number of piperidine rings is 1. The minimum atomic E-state index is -1.26. The number of halogens is 2. The van der Waals surface area contributed by atoms with Crippen LogP contribution in [0.5, 0.6) is 0 Å².